The summed E-state index contributed by atoms with van der Waals surface area (Å²) in [4.78, 5) is 11.5. The summed E-state index contributed by atoms with van der Waals surface area (Å²) in [5.74, 6) is 3.53. The van der Waals surface area contributed by atoms with E-state index in [0.717, 1.165) is 7.05 Å². The SMILES string of the molecule is CC(C#CC[N+](C)(C)C)N(C)C(=O)C(F)(F)F. The summed E-state index contributed by atoms with van der Waals surface area (Å²) in [6.07, 6.45) is -4.84. The first-order chi connectivity index (χ1) is 7.45. The van der Waals surface area contributed by atoms with E-state index in [2.05, 4.69) is 11.8 Å². The monoisotopic (exact) mass is 251 g/mol. The van der Waals surface area contributed by atoms with Gasteiger partial charge in [-0.15, -0.1) is 0 Å². The molecule has 0 radical (unpaired) electrons. The van der Waals surface area contributed by atoms with Crippen molar-refractivity contribution in [1.29, 1.82) is 0 Å². The Balaban J connectivity index is 4.53. The van der Waals surface area contributed by atoms with Crippen molar-refractivity contribution < 1.29 is 22.4 Å². The Morgan fingerprint density at radius 2 is 1.82 bits per heavy atom. The third-order valence-electron chi connectivity index (χ3n) is 2.01. The summed E-state index contributed by atoms with van der Waals surface area (Å²) in [5, 5.41) is 0. The zero-order valence-electron chi connectivity index (χ0n) is 10.7. The van der Waals surface area contributed by atoms with E-state index < -0.39 is 18.1 Å². The van der Waals surface area contributed by atoms with E-state index in [1.54, 1.807) is 0 Å². The van der Waals surface area contributed by atoms with Crippen LogP contribution < -0.4 is 0 Å². The van der Waals surface area contributed by atoms with Crippen molar-refractivity contribution in [3.05, 3.63) is 0 Å². The number of carbonyl (C=O) groups excluding carboxylic acids is 1. The van der Waals surface area contributed by atoms with E-state index in [0.29, 0.717) is 15.9 Å². The fourth-order valence-corrected chi connectivity index (χ4v) is 0.903. The van der Waals surface area contributed by atoms with Gasteiger partial charge < -0.3 is 9.38 Å². The third kappa shape index (κ3) is 6.17. The van der Waals surface area contributed by atoms with Gasteiger partial charge in [0, 0.05) is 7.05 Å². The number of rotatable bonds is 2. The normalized spacial score (nSPS) is 13.6. The smallest absolute Gasteiger partial charge is 0.324 e. The molecule has 0 aromatic rings. The fourth-order valence-electron chi connectivity index (χ4n) is 0.903. The van der Waals surface area contributed by atoms with Crippen LogP contribution in [0.1, 0.15) is 6.92 Å². The number of hydrogen-bond acceptors (Lipinski definition) is 1. The van der Waals surface area contributed by atoms with Crippen molar-refractivity contribution >= 4 is 5.91 Å². The number of quaternary nitrogens is 1. The molecule has 0 aromatic carbocycles. The lowest BCUT2D eigenvalue weighted by Crippen LogP contribution is -2.43. The van der Waals surface area contributed by atoms with Gasteiger partial charge in [0.15, 0.2) is 0 Å². The molecule has 1 amide bonds. The molecule has 0 saturated carbocycles. The molecular weight excluding hydrogens is 233 g/mol. The van der Waals surface area contributed by atoms with Crippen LogP contribution in [0.5, 0.6) is 0 Å². The topological polar surface area (TPSA) is 20.3 Å². The van der Waals surface area contributed by atoms with Crippen LogP contribution in [0.15, 0.2) is 0 Å². The van der Waals surface area contributed by atoms with Crippen molar-refractivity contribution in [3.8, 4) is 11.8 Å². The Bertz CT molecular complexity index is 333. The van der Waals surface area contributed by atoms with Crippen molar-refractivity contribution in [2.75, 3.05) is 34.7 Å². The van der Waals surface area contributed by atoms with Gasteiger partial charge in [0.2, 0.25) is 0 Å². The van der Waals surface area contributed by atoms with Crippen LogP contribution in [0.2, 0.25) is 0 Å². The molecule has 0 heterocycles. The Morgan fingerprint density at radius 1 is 1.35 bits per heavy atom. The van der Waals surface area contributed by atoms with E-state index in [9.17, 15) is 18.0 Å². The van der Waals surface area contributed by atoms with Gasteiger partial charge in [0.05, 0.1) is 27.2 Å². The second-order valence-corrected chi connectivity index (χ2v) is 4.86. The maximum Gasteiger partial charge on any atom is 0.471 e. The minimum absolute atomic E-state index is 0.512. The molecule has 0 aromatic heterocycles. The first-order valence-electron chi connectivity index (χ1n) is 5.08. The molecule has 1 atom stereocenters. The molecule has 17 heavy (non-hydrogen) atoms. The summed E-state index contributed by atoms with van der Waals surface area (Å²) in [7, 11) is 6.86. The number of hydrogen-bond donors (Lipinski definition) is 0. The number of nitrogens with zero attached hydrogens (tertiary/aromatic N) is 2. The summed E-state index contributed by atoms with van der Waals surface area (Å²) in [6, 6.07) is -0.754. The lowest BCUT2D eigenvalue weighted by molar-refractivity contribution is -0.862. The first-order valence-corrected chi connectivity index (χ1v) is 5.08. The quantitative estimate of drug-likeness (QED) is 0.532. The lowest BCUT2D eigenvalue weighted by atomic mass is 10.3. The molecule has 6 heteroatoms. The average molecular weight is 251 g/mol. The van der Waals surface area contributed by atoms with E-state index in [1.807, 2.05) is 21.1 Å². The standard InChI is InChI=1S/C11H18F3N2O/c1-9(7-6-8-16(3,4)5)15(2)10(17)11(12,13)14/h9H,8H2,1-5H3/q+1. The maximum absolute atomic E-state index is 12.1. The van der Waals surface area contributed by atoms with Gasteiger partial charge in [-0.3, -0.25) is 4.79 Å². The van der Waals surface area contributed by atoms with Crippen LogP contribution in [0.3, 0.4) is 0 Å². The van der Waals surface area contributed by atoms with Crippen molar-refractivity contribution in [1.82, 2.24) is 4.90 Å². The average Bonchev–Trinajstić information content (AvgIpc) is 2.11. The molecule has 0 saturated heterocycles. The highest BCUT2D eigenvalue weighted by Crippen LogP contribution is 2.18. The molecule has 98 valence electrons. The van der Waals surface area contributed by atoms with Crippen LogP contribution >= 0.6 is 0 Å². The molecule has 0 spiro atoms. The predicted molar refractivity (Wildman–Crippen MR) is 59.0 cm³/mol. The first kappa shape index (κ1) is 15.8. The molecule has 1 unspecified atom stereocenters. The predicted octanol–water partition coefficient (Wildman–Crippen LogP) is 1.11. The highest BCUT2D eigenvalue weighted by Gasteiger charge is 2.42. The van der Waals surface area contributed by atoms with Gasteiger partial charge in [-0.1, -0.05) is 5.92 Å². The molecule has 0 aliphatic carbocycles. The van der Waals surface area contributed by atoms with E-state index >= 15 is 0 Å². The van der Waals surface area contributed by atoms with Crippen molar-refractivity contribution in [2.24, 2.45) is 0 Å². The number of alkyl halides is 3. The molecule has 0 aliphatic heterocycles. The summed E-state index contributed by atoms with van der Waals surface area (Å²) >= 11 is 0. The zero-order chi connectivity index (χ0) is 13.9. The molecule has 0 N–H and O–H groups in total. The molecule has 0 rings (SSSR count). The van der Waals surface area contributed by atoms with Crippen LogP contribution in [0, 0.1) is 11.8 Å². The van der Waals surface area contributed by atoms with Crippen LogP contribution in [0.4, 0.5) is 13.2 Å². The third-order valence-corrected chi connectivity index (χ3v) is 2.01. The highest BCUT2D eigenvalue weighted by molar-refractivity contribution is 5.82. The lowest BCUT2D eigenvalue weighted by Gasteiger charge is -2.22. The molecule has 0 aliphatic rings. The number of halogens is 3. The van der Waals surface area contributed by atoms with Crippen molar-refractivity contribution in [2.45, 2.75) is 19.1 Å². The Morgan fingerprint density at radius 3 is 2.18 bits per heavy atom. The fraction of sp³-hybridized carbons (Fsp3) is 0.727. The maximum atomic E-state index is 12.1. The van der Waals surface area contributed by atoms with Gasteiger partial charge in [-0.05, 0) is 12.8 Å². The molecular formula is C11H18F3N2O+. The van der Waals surface area contributed by atoms with Gasteiger partial charge in [0.1, 0.15) is 6.54 Å². The minimum atomic E-state index is -4.84. The number of amides is 1. The molecule has 0 fully saturated rings. The van der Waals surface area contributed by atoms with Gasteiger partial charge >= 0.3 is 12.1 Å². The van der Waals surface area contributed by atoms with Crippen molar-refractivity contribution in [3.63, 3.8) is 0 Å². The van der Waals surface area contributed by atoms with Gasteiger partial charge in [-0.2, -0.15) is 13.2 Å². The van der Waals surface area contributed by atoms with Crippen LogP contribution in [0.25, 0.3) is 0 Å². The van der Waals surface area contributed by atoms with E-state index in [4.69, 9.17) is 0 Å². The second-order valence-electron chi connectivity index (χ2n) is 4.86. The van der Waals surface area contributed by atoms with Gasteiger partial charge in [-0.25, -0.2) is 0 Å². The summed E-state index contributed by atoms with van der Waals surface area (Å²) in [6.45, 7) is 1.98. The highest BCUT2D eigenvalue weighted by atomic mass is 19.4. The van der Waals surface area contributed by atoms with E-state index in [1.165, 1.54) is 6.92 Å². The summed E-state index contributed by atoms with van der Waals surface area (Å²) < 4.78 is 37.0. The summed E-state index contributed by atoms with van der Waals surface area (Å²) in [5.41, 5.74) is 0. The Labute approximate surface area is 99.8 Å². The van der Waals surface area contributed by atoms with E-state index in [-0.39, 0.29) is 0 Å². The van der Waals surface area contributed by atoms with Gasteiger partial charge in [0.25, 0.3) is 0 Å². The number of carbonyl (C=O) groups is 1. The van der Waals surface area contributed by atoms with Crippen LogP contribution in [-0.4, -0.2) is 62.2 Å². The Hall–Kier alpha value is -1.22. The molecule has 0 bridgehead atoms. The second kappa shape index (κ2) is 5.41. The molecule has 3 nitrogen and oxygen atoms in total. The zero-order valence-corrected chi connectivity index (χ0v) is 10.7. The van der Waals surface area contributed by atoms with Crippen LogP contribution in [-0.2, 0) is 4.79 Å². The largest absolute Gasteiger partial charge is 0.471 e. The Kier molecular flexibility index (Phi) is 5.02. The minimum Gasteiger partial charge on any atom is -0.324 e.